The molecule has 0 bridgehead atoms. The molecule has 3 rings (SSSR count). The summed E-state index contributed by atoms with van der Waals surface area (Å²) < 4.78 is 11.2. The molecule has 0 atom stereocenters. The van der Waals surface area contributed by atoms with E-state index in [-0.39, 0.29) is 12.0 Å². The van der Waals surface area contributed by atoms with Crippen LogP contribution in [0.2, 0.25) is 0 Å². The second-order valence-electron chi connectivity index (χ2n) is 7.07. The highest BCUT2D eigenvalue weighted by atomic mass is 16.5. The Hall–Kier alpha value is -2.53. The highest BCUT2D eigenvalue weighted by Crippen LogP contribution is 2.29. The molecule has 0 saturated carbocycles. The maximum Gasteiger partial charge on any atom is 0.227 e. The molecule has 2 aromatic rings. The first-order chi connectivity index (χ1) is 13.1. The zero-order valence-corrected chi connectivity index (χ0v) is 16.3. The van der Waals surface area contributed by atoms with Crippen LogP contribution in [-0.2, 0) is 17.9 Å². The summed E-state index contributed by atoms with van der Waals surface area (Å²) in [5.41, 5.74) is 3.33. The molecule has 144 valence electrons. The molecule has 1 amide bonds. The van der Waals surface area contributed by atoms with Crippen molar-refractivity contribution in [1.29, 1.82) is 0 Å². The van der Waals surface area contributed by atoms with Crippen molar-refractivity contribution in [3.05, 3.63) is 53.6 Å². The normalized spacial score (nSPS) is 14.1. The van der Waals surface area contributed by atoms with Gasteiger partial charge in [0, 0.05) is 31.7 Å². The first-order valence-corrected chi connectivity index (χ1v) is 9.50. The molecule has 1 heterocycles. The lowest BCUT2D eigenvalue weighted by atomic mass is 10.1. The summed E-state index contributed by atoms with van der Waals surface area (Å²) in [7, 11) is 1.66. The fourth-order valence-corrected chi connectivity index (χ4v) is 3.24. The van der Waals surface area contributed by atoms with Crippen molar-refractivity contribution in [3.63, 3.8) is 0 Å². The molecule has 1 fully saturated rings. The highest BCUT2D eigenvalue weighted by Gasteiger charge is 2.21. The topological polar surface area (TPSA) is 50.8 Å². The van der Waals surface area contributed by atoms with Crippen LogP contribution < -0.4 is 19.7 Å². The number of anilines is 1. The first kappa shape index (κ1) is 19.2. The summed E-state index contributed by atoms with van der Waals surface area (Å²) in [4.78, 5) is 13.7. The van der Waals surface area contributed by atoms with Gasteiger partial charge in [-0.2, -0.15) is 0 Å². The van der Waals surface area contributed by atoms with Gasteiger partial charge in [0.15, 0.2) is 11.5 Å². The maximum atomic E-state index is 11.8. The fraction of sp³-hybridized carbons (Fsp3) is 0.409. The number of carbonyl (C=O) groups excluding carboxylic acids is 1. The molecular weight excluding hydrogens is 340 g/mol. The van der Waals surface area contributed by atoms with Crippen LogP contribution in [0.15, 0.2) is 42.5 Å². The zero-order chi connectivity index (χ0) is 19.2. The van der Waals surface area contributed by atoms with Gasteiger partial charge in [-0.25, -0.2) is 0 Å². The average Bonchev–Trinajstić information content (AvgIpc) is 3.09. The highest BCUT2D eigenvalue weighted by molar-refractivity contribution is 5.95. The lowest BCUT2D eigenvalue weighted by molar-refractivity contribution is -0.117. The number of methoxy groups -OCH3 is 1. The van der Waals surface area contributed by atoms with Gasteiger partial charge >= 0.3 is 0 Å². The van der Waals surface area contributed by atoms with Crippen LogP contribution >= 0.6 is 0 Å². The Morgan fingerprint density at radius 1 is 1.04 bits per heavy atom. The summed E-state index contributed by atoms with van der Waals surface area (Å²) in [5, 5.41) is 3.45. The Kier molecular flexibility index (Phi) is 6.35. The van der Waals surface area contributed by atoms with E-state index in [9.17, 15) is 4.79 Å². The predicted octanol–water partition coefficient (Wildman–Crippen LogP) is 3.90. The number of ether oxygens (including phenoxy) is 2. The van der Waals surface area contributed by atoms with Gasteiger partial charge in [-0.15, -0.1) is 0 Å². The van der Waals surface area contributed by atoms with Crippen molar-refractivity contribution in [2.75, 3.05) is 18.6 Å². The molecule has 0 radical (unpaired) electrons. The Labute approximate surface area is 161 Å². The van der Waals surface area contributed by atoms with Crippen molar-refractivity contribution < 1.29 is 14.3 Å². The number of hydrogen-bond donors (Lipinski definition) is 1. The fourth-order valence-electron chi connectivity index (χ4n) is 3.24. The molecule has 2 aromatic carbocycles. The van der Waals surface area contributed by atoms with Crippen LogP contribution in [0.4, 0.5) is 5.69 Å². The quantitative estimate of drug-likeness (QED) is 0.768. The van der Waals surface area contributed by atoms with Crippen molar-refractivity contribution in [2.45, 2.75) is 45.9 Å². The summed E-state index contributed by atoms with van der Waals surface area (Å²) in [6.07, 6.45) is 1.72. The van der Waals surface area contributed by atoms with Crippen LogP contribution in [0, 0.1) is 0 Å². The van der Waals surface area contributed by atoms with Crippen molar-refractivity contribution >= 4 is 11.6 Å². The van der Waals surface area contributed by atoms with Gasteiger partial charge in [0.25, 0.3) is 0 Å². The molecule has 5 heteroatoms. The number of nitrogens with zero attached hydrogens (tertiary/aromatic N) is 1. The third kappa shape index (κ3) is 5.01. The molecule has 5 nitrogen and oxygen atoms in total. The monoisotopic (exact) mass is 368 g/mol. The van der Waals surface area contributed by atoms with Gasteiger partial charge in [-0.1, -0.05) is 18.2 Å². The minimum Gasteiger partial charge on any atom is -0.493 e. The molecule has 0 unspecified atom stereocenters. The van der Waals surface area contributed by atoms with Crippen molar-refractivity contribution in [2.24, 2.45) is 0 Å². The summed E-state index contributed by atoms with van der Waals surface area (Å²) in [6, 6.07) is 14.2. The number of amides is 1. The van der Waals surface area contributed by atoms with Gasteiger partial charge in [0.05, 0.1) is 13.2 Å². The van der Waals surface area contributed by atoms with Gasteiger partial charge in [0.2, 0.25) is 5.91 Å². The lowest BCUT2D eigenvalue weighted by Crippen LogP contribution is -2.23. The molecular formula is C22H28N2O3. The number of rotatable bonds is 8. The number of carbonyl (C=O) groups is 1. The molecule has 27 heavy (non-hydrogen) atoms. The molecule has 0 aliphatic carbocycles. The Morgan fingerprint density at radius 2 is 1.74 bits per heavy atom. The minimum atomic E-state index is 0.113. The summed E-state index contributed by atoms with van der Waals surface area (Å²) in [6.45, 7) is 6.33. The summed E-state index contributed by atoms with van der Waals surface area (Å²) in [5.74, 6) is 1.74. The second kappa shape index (κ2) is 8.91. The van der Waals surface area contributed by atoms with E-state index < -0.39 is 0 Å². The smallest absolute Gasteiger partial charge is 0.227 e. The van der Waals surface area contributed by atoms with E-state index in [1.807, 2.05) is 43.0 Å². The van der Waals surface area contributed by atoms with Gasteiger partial charge in [-0.3, -0.25) is 4.79 Å². The SMILES string of the molecule is COc1cc(CNCc2ccc(N3CCCC3=O)cc2)ccc1OC(C)C. The minimum absolute atomic E-state index is 0.113. The standard InChI is InChI=1S/C22H28N2O3/c1-16(2)27-20-11-8-18(13-21(20)26-3)15-23-14-17-6-9-19(10-7-17)24-12-4-5-22(24)25/h6-11,13,16,23H,4-5,12,14-15H2,1-3H3. The molecule has 0 aromatic heterocycles. The molecule has 1 N–H and O–H groups in total. The van der Waals surface area contributed by atoms with Gasteiger partial charge < -0.3 is 19.7 Å². The molecule has 1 aliphatic heterocycles. The van der Waals surface area contributed by atoms with Crippen LogP contribution in [0.25, 0.3) is 0 Å². The molecule has 1 saturated heterocycles. The van der Waals surface area contributed by atoms with Crippen molar-refractivity contribution in [1.82, 2.24) is 5.32 Å². The number of benzene rings is 2. The first-order valence-electron chi connectivity index (χ1n) is 9.50. The Balaban J connectivity index is 1.54. The van der Waals surface area contributed by atoms with Crippen LogP contribution in [0.1, 0.15) is 37.8 Å². The van der Waals surface area contributed by atoms with Crippen LogP contribution in [0.5, 0.6) is 11.5 Å². The number of hydrogen-bond acceptors (Lipinski definition) is 4. The largest absolute Gasteiger partial charge is 0.493 e. The van der Waals surface area contributed by atoms with Gasteiger partial charge in [-0.05, 0) is 55.7 Å². The lowest BCUT2D eigenvalue weighted by Gasteiger charge is -2.16. The number of nitrogens with one attached hydrogen (secondary N) is 1. The predicted molar refractivity (Wildman–Crippen MR) is 107 cm³/mol. The maximum absolute atomic E-state index is 11.8. The van der Waals surface area contributed by atoms with E-state index in [1.54, 1.807) is 7.11 Å². The third-order valence-electron chi connectivity index (χ3n) is 4.57. The average molecular weight is 368 g/mol. The van der Waals surface area contributed by atoms with Gasteiger partial charge in [0.1, 0.15) is 0 Å². The van der Waals surface area contributed by atoms with E-state index in [4.69, 9.17) is 9.47 Å². The van der Waals surface area contributed by atoms with E-state index in [2.05, 4.69) is 23.5 Å². The van der Waals surface area contributed by atoms with E-state index >= 15 is 0 Å². The zero-order valence-electron chi connectivity index (χ0n) is 16.3. The van der Waals surface area contributed by atoms with E-state index in [0.717, 1.165) is 48.8 Å². The van der Waals surface area contributed by atoms with Crippen LogP contribution in [-0.4, -0.2) is 25.7 Å². The second-order valence-corrected chi connectivity index (χ2v) is 7.07. The summed E-state index contributed by atoms with van der Waals surface area (Å²) >= 11 is 0. The molecule has 0 spiro atoms. The Morgan fingerprint density at radius 3 is 2.37 bits per heavy atom. The van der Waals surface area contributed by atoms with Crippen LogP contribution in [0.3, 0.4) is 0 Å². The Bertz CT molecular complexity index is 772. The third-order valence-corrected chi connectivity index (χ3v) is 4.57. The van der Waals surface area contributed by atoms with E-state index in [1.165, 1.54) is 5.56 Å². The van der Waals surface area contributed by atoms with Crippen molar-refractivity contribution in [3.8, 4) is 11.5 Å². The van der Waals surface area contributed by atoms with E-state index in [0.29, 0.717) is 6.42 Å². The molecule has 1 aliphatic rings.